The molecule has 0 amide bonds. The molecule has 0 radical (unpaired) electrons. The van der Waals surface area contributed by atoms with Crippen molar-refractivity contribution in [1.29, 1.82) is 0 Å². The molecule has 1 unspecified atom stereocenters. The summed E-state index contributed by atoms with van der Waals surface area (Å²) >= 11 is 1.82. The first-order chi connectivity index (χ1) is 5.74. The van der Waals surface area contributed by atoms with Gasteiger partial charge in [-0.2, -0.15) is 11.8 Å². The quantitative estimate of drug-likeness (QED) is 0.640. The summed E-state index contributed by atoms with van der Waals surface area (Å²) in [5, 5.41) is 9.25. The minimum Gasteiger partial charge on any atom is -0.396 e. The van der Waals surface area contributed by atoms with Crippen LogP contribution < -0.4 is 5.73 Å². The number of aliphatic hydroxyl groups excluding tert-OH is 1. The van der Waals surface area contributed by atoms with Crippen LogP contribution in [0.25, 0.3) is 0 Å². The predicted octanol–water partition coefficient (Wildman–Crippen LogP) is 1.48. The van der Waals surface area contributed by atoms with Crippen LogP contribution in [0.5, 0.6) is 0 Å². The fourth-order valence-electron chi connectivity index (χ4n) is 1.40. The molecule has 0 aromatic carbocycles. The molecule has 0 aromatic heterocycles. The van der Waals surface area contributed by atoms with Gasteiger partial charge in [0.2, 0.25) is 0 Å². The first-order valence-corrected chi connectivity index (χ1v) is 5.94. The van der Waals surface area contributed by atoms with Crippen molar-refractivity contribution < 1.29 is 5.11 Å². The standard InChI is InChI=1S/C9H21NOS/c1-3-4-9(7-10,8-11)5-6-12-2/h11H,3-8,10H2,1-2H3. The summed E-state index contributed by atoms with van der Waals surface area (Å²) in [6.45, 7) is 2.98. The van der Waals surface area contributed by atoms with Gasteiger partial charge in [-0.1, -0.05) is 13.3 Å². The summed E-state index contributed by atoms with van der Waals surface area (Å²) in [4.78, 5) is 0. The molecule has 1 atom stereocenters. The van der Waals surface area contributed by atoms with E-state index in [-0.39, 0.29) is 12.0 Å². The third-order valence-corrected chi connectivity index (χ3v) is 3.00. The summed E-state index contributed by atoms with van der Waals surface area (Å²) in [5.74, 6) is 1.10. The number of rotatable bonds is 7. The Labute approximate surface area is 79.9 Å². The van der Waals surface area contributed by atoms with Gasteiger partial charge in [-0.05, 0) is 24.9 Å². The van der Waals surface area contributed by atoms with Crippen molar-refractivity contribution in [2.24, 2.45) is 11.1 Å². The van der Waals surface area contributed by atoms with Gasteiger partial charge in [-0.3, -0.25) is 0 Å². The summed E-state index contributed by atoms with van der Waals surface area (Å²) in [6, 6.07) is 0. The molecule has 3 N–H and O–H groups in total. The lowest BCUT2D eigenvalue weighted by atomic mass is 9.82. The third kappa shape index (κ3) is 3.78. The van der Waals surface area contributed by atoms with Crippen LogP contribution >= 0.6 is 11.8 Å². The van der Waals surface area contributed by atoms with Crippen molar-refractivity contribution in [3.63, 3.8) is 0 Å². The molecule has 0 aliphatic carbocycles. The van der Waals surface area contributed by atoms with Crippen LogP contribution in [0.3, 0.4) is 0 Å². The van der Waals surface area contributed by atoms with Crippen molar-refractivity contribution in [2.45, 2.75) is 26.2 Å². The van der Waals surface area contributed by atoms with Gasteiger partial charge in [0.15, 0.2) is 0 Å². The van der Waals surface area contributed by atoms with Gasteiger partial charge in [-0.15, -0.1) is 0 Å². The second-order valence-corrected chi connectivity index (χ2v) is 4.34. The van der Waals surface area contributed by atoms with Crippen molar-refractivity contribution >= 4 is 11.8 Å². The van der Waals surface area contributed by atoms with Crippen LogP contribution in [0.4, 0.5) is 0 Å². The monoisotopic (exact) mass is 191 g/mol. The zero-order chi connectivity index (χ0) is 9.45. The van der Waals surface area contributed by atoms with Gasteiger partial charge in [0.25, 0.3) is 0 Å². The SMILES string of the molecule is CCCC(CN)(CO)CCSC. The molecule has 12 heavy (non-hydrogen) atoms. The minimum atomic E-state index is -0.00222. The van der Waals surface area contributed by atoms with E-state index in [1.54, 1.807) is 0 Å². The zero-order valence-corrected chi connectivity index (χ0v) is 8.99. The van der Waals surface area contributed by atoms with Crippen molar-refractivity contribution in [3.05, 3.63) is 0 Å². The fourth-order valence-corrected chi connectivity index (χ4v) is 2.04. The van der Waals surface area contributed by atoms with E-state index >= 15 is 0 Å². The zero-order valence-electron chi connectivity index (χ0n) is 8.18. The van der Waals surface area contributed by atoms with Crippen LogP contribution in [-0.4, -0.2) is 30.3 Å². The maximum Gasteiger partial charge on any atom is 0.0499 e. The molecule has 74 valence electrons. The molecule has 0 spiro atoms. The summed E-state index contributed by atoms with van der Waals surface area (Å²) in [6.07, 6.45) is 5.27. The lowest BCUT2D eigenvalue weighted by Gasteiger charge is -2.29. The normalized spacial score (nSPS) is 16.0. The van der Waals surface area contributed by atoms with Gasteiger partial charge < -0.3 is 10.8 Å². The molecule has 2 nitrogen and oxygen atoms in total. The highest BCUT2D eigenvalue weighted by atomic mass is 32.2. The lowest BCUT2D eigenvalue weighted by molar-refractivity contribution is 0.118. The second kappa shape index (κ2) is 6.75. The Kier molecular flexibility index (Phi) is 6.90. The molecule has 0 aliphatic rings. The number of nitrogens with two attached hydrogens (primary N) is 1. The third-order valence-electron chi connectivity index (χ3n) is 2.39. The Morgan fingerprint density at radius 1 is 1.42 bits per heavy atom. The molecular formula is C9H21NOS. The molecule has 0 fully saturated rings. The average Bonchev–Trinajstić information content (AvgIpc) is 2.13. The second-order valence-electron chi connectivity index (χ2n) is 3.36. The number of hydrogen-bond acceptors (Lipinski definition) is 3. The largest absolute Gasteiger partial charge is 0.396 e. The number of aliphatic hydroxyl groups is 1. The summed E-state index contributed by atoms with van der Waals surface area (Å²) in [7, 11) is 0. The highest BCUT2D eigenvalue weighted by Gasteiger charge is 2.25. The topological polar surface area (TPSA) is 46.2 Å². The van der Waals surface area contributed by atoms with Crippen molar-refractivity contribution in [2.75, 3.05) is 25.2 Å². The average molecular weight is 191 g/mol. The smallest absolute Gasteiger partial charge is 0.0499 e. The van der Waals surface area contributed by atoms with Crippen LogP contribution in [0.2, 0.25) is 0 Å². The van der Waals surface area contributed by atoms with Gasteiger partial charge in [0.1, 0.15) is 0 Å². The molecule has 0 saturated carbocycles. The molecule has 0 saturated heterocycles. The van der Waals surface area contributed by atoms with Crippen molar-refractivity contribution in [3.8, 4) is 0 Å². The van der Waals surface area contributed by atoms with E-state index in [9.17, 15) is 5.11 Å². The number of hydrogen-bond donors (Lipinski definition) is 2. The van der Waals surface area contributed by atoms with Crippen molar-refractivity contribution in [1.82, 2.24) is 0 Å². The molecule has 0 rings (SSSR count). The van der Waals surface area contributed by atoms with Crippen LogP contribution in [0.1, 0.15) is 26.2 Å². The highest BCUT2D eigenvalue weighted by Crippen LogP contribution is 2.27. The molecule has 0 aliphatic heterocycles. The lowest BCUT2D eigenvalue weighted by Crippen LogP contribution is -2.34. The Hall–Kier alpha value is 0.270. The molecule has 0 heterocycles. The molecular weight excluding hydrogens is 170 g/mol. The van der Waals surface area contributed by atoms with Gasteiger partial charge >= 0.3 is 0 Å². The van der Waals surface area contributed by atoms with Gasteiger partial charge in [0.05, 0.1) is 0 Å². The van der Waals surface area contributed by atoms with E-state index in [0.717, 1.165) is 25.0 Å². The van der Waals surface area contributed by atoms with E-state index in [0.29, 0.717) is 6.54 Å². The highest BCUT2D eigenvalue weighted by molar-refractivity contribution is 7.98. The van der Waals surface area contributed by atoms with Gasteiger partial charge in [-0.25, -0.2) is 0 Å². The number of thioether (sulfide) groups is 1. The Morgan fingerprint density at radius 2 is 2.08 bits per heavy atom. The van der Waals surface area contributed by atoms with E-state index in [4.69, 9.17) is 5.73 Å². The van der Waals surface area contributed by atoms with E-state index in [2.05, 4.69) is 13.2 Å². The predicted molar refractivity (Wildman–Crippen MR) is 56.5 cm³/mol. The molecule has 3 heteroatoms. The van der Waals surface area contributed by atoms with Crippen LogP contribution in [0.15, 0.2) is 0 Å². The Bertz CT molecular complexity index is 105. The van der Waals surface area contributed by atoms with E-state index < -0.39 is 0 Å². The first kappa shape index (κ1) is 12.3. The van der Waals surface area contributed by atoms with Crippen LogP contribution in [0, 0.1) is 5.41 Å². The maximum absolute atomic E-state index is 9.25. The van der Waals surface area contributed by atoms with Gasteiger partial charge in [0, 0.05) is 18.6 Å². The maximum atomic E-state index is 9.25. The van der Waals surface area contributed by atoms with E-state index in [1.165, 1.54) is 0 Å². The Morgan fingerprint density at radius 3 is 2.42 bits per heavy atom. The van der Waals surface area contributed by atoms with E-state index in [1.807, 2.05) is 11.8 Å². The van der Waals surface area contributed by atoms with Crippen LogP contribution in [-0.2, 0) is 0 Å². The first-order valence-electron chi connectivity index (χ1n) is 4.54. The summed E-state index contributed by atoms with van der Waals surface area (Å²) < 4.78 is 0. The minimum absolute atomic E-state index is 0.00222. The Balaban J connectivity index is 3.95. The summed E-state index contributed by atoms with van der Waals surface area (Å²) in [5.41, 5.74) is 5.67. The molecule has 0 bridgehead atoms. The fraction of sp³-hybridized carbons (Fsp3) is 1.00. The molecule has 0 aromatic rings.